The van der Waals surface area contributed by atoms with Gasteiger partial charge in [-0.1, -0.05) is 30.2 Å². The van der Waals surface area contributed by atoms with E-state index in [0.717, 1.165) is 37.0 Å². The molecule has 7 heteroatoms. The molecular formula is C26H30ClNO4S. The summed E-state index contributed by atoms with van der Waals surface area (Å²) in [5.74, 6) is 1.89. The van der Waals surface area contributed by atoms with E-state index in [1.807, 2.05) is 24.3 Å². The highest BCUT2D eigenvalue weighted by atomic mass is 35.5. The van der Waals surface area contributed by atoms with Crippen molar-refractivity contribution < 1.29 is 17.9 Å². The van der Waals surface area contributed by atoms with Crippen LogP contribution in [0.2, 0.25) is 5.02 Å². The van der Waals surface area contributed by atoms with Gasteiger partial charge in [0.1, 0.15) is 11.5 Å². The van der Waals surface area contributed by atoms with Gasteiger partial charge in [0, 0.05) is 29.9 Å². The van der Waals surface area contributed by atoms with E-state index in [-0.39, 0.29) is 29.7 Å². The monoisotopic (exact) mass is 487 g/mol. The van der Waals surface area contributed by atoms with Gasteiger partial charge in [-0.3, -0.25) is 4.79 Å². The average Bonchev–Trinajstić information content (AvgIpc) is 2.82. The lowest BCUT2D eigenvalue weighted by Gasteiger charge is -2.54. The van der Waals surface area contributed by atoms with Crippen LogP contribution in [0.5, 0.6) is 5.75 Å². The number of rotatable bonds is 5. The zero-order valence-corrected chi connectivity index (χ0v) is 20.4. The number of hydrogen-bond acceptors (Lipinski definition) is 4. The summed E-state index contributed by atoms with van der Waals surface area (Å²) < 4.78 is 34.2. The molecule has 0 N–H and O–H groups in total. The fourth-order valence-corrected chi connectivity index (χ4v) is 8.39. The van der Waals surface area contributed by atoms with Gasteiger partial charge in [-0.15, -0.1) is 0 Å². The minimum absolute atomic E-state index is 0.0327. The maximum absolute atomic E-state index is 13.6. The third-order valence-corrected chi connectivity index (χ3v) is 10.2. The molecule has 2 aliphatic carbocycles. The second-order valence-corrected chi connectivity index (χ2v) is 12.0. The Bertz CT molecular complexity index is 1120. The van der Waals surface area contributed by atoms with Crippen LogP contribution < -0.4 is 4.74 Å². The molecule has 2 saturated carbocycles. The van der Waals surface area contributed by atoms with Crippen molar-refractivity contribution in [3.8, 4) is 5.75 Å². The van der Waals surface area contributed by atoms with Gasteiger partial charge in [-0.25, -0.2) is 8.42 Å². The zero-order chi connectivity index (χ0) is 23.2. The average molecular weight is 488 g/mol. The number of halogens is 1. The summed E-state index contributed by atoms with van der Waals surface area (Å²) in [6.07, 6.45) is 4.87. The number of ether oxygens (including phenoxy) is 1. The first-order chi connectivity index (χ1) is 15.9. The van der Waals surface area contributed by atoms with Crippen molar-refractivity contribution >= 4 is 27.4 Å². The predicted molar refractivity (Wildman–Crippen MR) is 128 cm³/mol. The zero-order valence-electron chi connectivity index (χ0n) is 18.8. The van der Waals surface area contributed by atoms with Crippen LogP contribution >= 0.6 is 11.6 Å². The first kappa shape index (κ1) is 22.9. The van der Waals surface area contributed by atoms with Crippen molar-refractivity contribution in [1.29, 1.82) is 0 Å². The minimum Gasteiger partial charge on any atom is -0.497 e. The standard InChI is InChI=1S/C26H30ClNO4S/c1-32-20-9-5-17(6-10-20)15-23-22-3-2-4-24-26(22)18(16-25(23)29)13-14-28(24)33(30,31)21-11-7-19(27)8-12-21/h5-12,18,22-24,26H,2-4,13-16H2,1H3/t18-,22+,23+,24+,26+/m1/s1. The van der Waals surface area contributed by atoms with Gasteiger partial charge in [0.25, 0.3) is 0 Å². The highest BCUT2D eigenvalue weighted by molar-refractivity contribution is 7.89. The van der Waals surface area contributed by atoms with Gasteiger partial charge >= 0.3 is 0 Å². The molecule has 0 amide bonds. The van der Waals surface area contributed by atoms with Crippen molar-refractivity contribution in [1.82, 2.24) is 4.31 Å². The Morgan fingerprint density at radius 2 is 1.76 bits per heavy atom. The summed E-state index contributed by atoms with van der Waals surface area (Å²) in [6, 6.07) is 14.4. The second kappa shape index (κ2) is 9.05. The van der Waals surface area contributed by atoms with Crippen LogP contribution in [0.15, 0.2) is 53.4 Å². The number of methoxy groups -OCH3 is 1. The summed E-state index contributed by atoms with van der Waals surface area (Å²) in [5, 5.41) is 0.526. The van der Waals surface area contributed by atoms with Crippen molar-refractivity contribution in [2.24, 2.45) is 23.7 Å². The SMILES string of the molecule is COc1ccc(C[C@@H]2C(=O)C[C@H]3CCN(S(=O)(=O)c4ccc(Cl)cc4)[C@H]4CCC[C@@H]2[C@H]34)cc1. The van der Waals surface area contributed by atoms with Gasteiger partial charge in [-0.2, -0.15) is 4.31 Å². The Kier molecular flexibility index (Phi) is 6.27. The van der Waals surface area contributed by atoms with E-state index in [2.05, 4.69) is 0 Å². The van der Waals surface area contributed by atoms with Crippen molar-refractivity contribution in [3.63, 3.8) is 0 Å². The molecule has 0 aromatic heterocycles. The molecule has 2 aromatic carbocycles. The van der Waals surface area contributed by atoms with Crippen LogP contribution in [-0.2, 0) is 21.2 Å². The first-order valence-corrected chi connectivity index (χ1v) is 13.6. The lowest BCUT2D eigenvalue weighted by atomic mass is 9.56. The number of carbonyl (C=O) groups excluding carboxylic acids is 1. The number of nitrogens with zero attached hydrogens (tertiary/aromatic N) is 1. The van der Waals surface area contributed by atoms with E-state index in [4.69, 9.17) is 16.3 Å². The smallest absolute Gasteiger partial charge is 0.243 e. The molecule has 0 unspecified atom stereocenters. The summed E-state index contributed by atoms with van der Waals surface area (Å²) in [7, 11) is -1.95. The maximum atomic E-state index is 13.6. The van der Waals surface area contributed by atoms with E-state index in [9.17, 15) is 13.2 Å². The van der Waals surface area contributed by atoms with Gasteiger partial charge < -0.3 is 4.74 Å². The third-order valence-electron chi connectivity index (χ3n) is 8.04. The fraction of sp³-hybridized carbons (Fsp3) is 0.500. The number of benzene rings is 2. The maximum Gasteiger partial charge on any atom is 0.243 e. The van der Waals surface area contributed by atoms with E-state index in [1.165, 1.54) is 0 Å². The van der Waals surface area contributed by atoms with Crippen LogP contribution in [0.4, 0.5) is 0 Å². The molecule has 1 heterocycles. The van der Waals surface area contributed by atoms with Crippen molar-refractivity contribution in [2.75, 3.05) is 13.7 Å². The van der Waals surface area contributed by atoms with Crippen LogP contribution in [0.25, 0.3) is 0 Å². The summed E-state index contributed by atoms with van der Waals surface area (Å²) in [5.41, 5.74) is 1.14. The van der Waals surface area contributed by atoms with E-state index < -0.39 is 10.0 Å². The molecular weight excluding hydrogens is 458 g/mol. The quantitative estimate of drug-likeness (QED) is 0.597. The molecule has 5 nitrogen and oxygen atoms in total. The number of piperidine rings is 1. The number of Topliss-reactive ketones (excluding diaryl/α,β-unsaturated/α-hetero) is 1. The van der Waals surface area contributed by atoms with Gasteiger partial charge in [-0.05, 0) is 85.4 Å². The van der Waals surface area contributed by atoms with Crippen molar-refractivity contribution in [3.05, 3.63) is 59.1 Å². The lowest BCUT2D eigenvalue weighted by molar-refractivity contribution is -0.136. The molecule has 1 aliphatic heterocycles. The number of ketones is 1. The van der Waals surface area contributed by atoms with E-state index in [0.29, 0.717) is 35.1 Å². The number of carbonyl (C=O) groups is 1. The minimum atomic E-state index is -3.60. The second-order valence-electron chi connectivity index (χ2n) is 9.69. The lowest BCUT2D eigenvalue weighted by Crippen LogP contribution is -2.59. The number of hydrogen-bond donors (Lipinski definition) is 0. The summed E-state index contributed by atoms with van der Waals surface area (Å²) in [4.78, 5) is 13.5. The molecule has 2 aromatic rings. The Balaban J connectivity index is 1.42. The molecule has 5 rings (SSSR count). The first-order valence-electron chi connectivity index (χ1n) is 11.8. The molecule has 0 bridgehead atoms. The highest BCUT2D eigenvalue weighted by Crippen LogP contribution is 2.52. The topological polar surface area (TPSA) is 63.7 Å². The van der Waals surface area contributed by atoms with Gasteiger partial charge in [0.15, 0.2) is 0 Å². The molecule has 3 fully saturated rings. The Morgan fingerprint density at radius 1 is 1.03 bits per heavy atom. The van der Waals surface area contributed by atoms with Crippen LogP contribution in [0.3, 0.4) is 0 Å². The van der Waals surface area contributed by atoms with Crippen LogP contribution in [-0.4, -0.2) is 38.2 Å². The Labute approximate surface area is 201 Å². The molecule has 176 valence electrons. The number of sulfonamides is 1. The molecule has 0 radical (unpaired) electrons. The summed E-state index contributed by atoms with van der Waals surface area (Å²) in [6.45, 7) is 0.486. The molecule has 33 heavy (non-hydrogen) atoms. The third kappa shape index (κ3) is 4.22. The van der Waals surface area contributed by atoms with E-state index >= 15 is 0 Å². The van der Waals surface area contributed by atoms with Gasteiger partial charge in [0.05, 0.1) is 12.0 Å². The molecule has 0 spiro atoms. The Hall–Kier alpha value is -1.89. The largest absolute Gasteiger partial charge is 0.497 e. The van der Waals surface area contributed by atoms with Gasteiger partial charge in [0.2, 0.25) is 10.0 Å². The normalized spacial score (nSPS) is 30.0. The van der Waals surface area contributed by atoms with E-state index in [1.54, 1.807) is 35.7 Å². The molecule has 3 aliphatic rings. The highest BCUT2D eigenvalue weighted by Gasteiger charge is 2.53. The molecule has 5 atom stereocenters. The predicted octanol–water partition coefficient (Wildman–Crippen LogP) is 4.98. The van der Waals surface area contributed by atoms with Crippen LogP contribution in [0.1, 0.15) is 37.7 Å². The fourth-order valence-electron chi connectivity index (χ4n) is 6.56. The molecule has 1 saturated heterocycles. The van der Waals surface area contributed by atoms with Crippen molar-refractivity contribution in [2.45, 2.75) is 49.5 Å². The van der Waals surface area contributed by atoms with Crippen LogP contribution in [0, 0.1) is 23.7 Å². The summed E-state index contributed by atoms with van der Waals surface area (Å²) >= 11 is 5.99. The Morgan fingerprint density at radius 3 is 2.45 bits per heavy atom.